The van der Waals surface area contributed by atoms with E-state index >= 15 is 0 Å². The molecule has 0 aliphatic heterocycles. The lowest BCUT2D eigenvalue weighted by Crippen LogP contribution is -2.23. The summed E-state index contributed by atoms with van der Waals surface area (Å²) >= 11 is 0. The molecule has 0 aliphatic carbocycles. The minimum Gasteiger partial charge on any atom is -0.495 e. The maximum absolute atomic E-state index is 12.1. The van der Waals surface area contributed by atoms with Gasteiger partial charge in [0.15, 0.2) is 0 Å². The molecule has 0 saturated heterocycles. The van der Waals surface area contributed by atoms with E-state index in [1.54, 1.807) is 22.9 Å². The third kappa shape index (κ3) is 2.90. The van der Waals surface area contributed by atoms with Crippen LogP contribution in [0.3, 0.4) is 0 Å². The highest BCUT2D eigenvalue weighted by molar-refractivity contribution is 5.95. The summed E-state index contributed by atoms with van der Waals surface area (Å²) in [5.74, 6) is 0.321. The average molecular weight is 274 g/mol. The molecular weight excluding hydrogens is 256 g/mol. The average Bonchev–Trinajstić information content (AvgIpc) is 2.74. The maximum Gasteiger partial charge on any atom is 0.251 e. The van der Waals surface area contributed by atoms with Gasteiger partial charge in [0.1, 0.15) is 5.75 Å². The van der Waals surface area contributed by atoms with Crippen LogP contribution in [0.1, 0.15) is 21.6 Å². The van der Waals surface area contributed by atoms with E-state index < -0.39 is 0 Å². The second-order valence-corrected chi connectivity index (χ2v) is 4.55. The van der Waals surface area contributed by atoms with Crippen LogP contribution in [0.2, 0.25) is 0 Å². The molecule has 0 bridgehead atoms. The predicted molar refractivity (Wildman–Crippen MR) is 76.5 cm³/mol. The molecule has 0 atom stereocenters. The Bertz CT molecular complexity index is 634. The number of methoxy groups -OCH3 is 1. The second kappa shape index (κ2) is 5.64. The van der Waals surface area contributed by atoms with Gasteiger partial charge in [-0.15, -0.1) is 0 Å². The molecule has 0 spiro atoms. The Balaban J connectivity index is 2.07. The lowest BCUT2D eigenvalue weighted by atomic mass is 10.1. The molecule has 106 valence electrons. The zero-order valence-electron chi connectivity index (χ0n) is 11.8. The Hall–Kier alpha value is -2.50. The molecular formula is C14H18N4O2. The quantitative estimate of drug-likeness (QED) is 0.822. The van der Waals surface area contributed by atoms with Crippen LogP contribution >= 0.6 is 0 Å². The van der Waals surface area contributed by atoms with Gasteiger partial charge >= 0.3 is 0 Å². The third-order valence-electron chi connectivity index (χ3n) is 3.05. The molecule has 1 aromatic heterocycles. The van der Waals surface area contributed by atoms with Gasteiger partial charge in [-0.3, -0.25) is 9.48 Å². The number of nitrogens with zero attached hydrogens (tertiary/aromatic N) is 2. The molecule has 20 heavy (non-hydrogen) atoms. The van der Waals surface area contributed by atoms with Crippen LogP contribution in [0.15, 0.2) is 24.4 Å². The summed E-state index contributed by atoms with van der Waals surface area (Å²) in [6.07, 6.45) is 1.89. The monoisotopic (exact) mass is 274 g/mol. The summed E-state index contributed by atoms with van der Waals surface area (Å²) in [7, 11) is 3.37. The van der Waals surface area contributed by atoms with Crippen LogP contribution in [0, 0.1) is 6.92 Å². The summed E-state index contributed by atoms with van der Waals surface area (Å²) in [6.45, 7) is 2.35. The van der Waals surface area contributed by atoms with E-state index in [2.05, 4.69) is 10.4 Å². The topological polar surface area (TPSA) is 82.2 Å². The highest BCUT2D eigenvalue weighted by atomic mass is 16.5. The van der Waals surface area contributed by atoms with E-state index in [1.165, 1.54) is 7.11 Å². The summed E-state index contributed by atoms with van der Waals surface area (Å²) in [5, 5.41) is 7.08. The van der Waals surface area contributed by atoms with E-state index in [0.29, 0.717) is 23.5 Å². The molecule has 0 radical (unpaired) electrons. The highest BCUT2D eigenvalue weighted by Crippen LogP contribution is 2.22. The van der Waals surface area contributed by atoms with Gasteiger partial charge in [0.05, 0.1) is 18.5 Å². The first-order valence-corrected chi connectivity index (χ1v) is 6.22. The van der Waals surface area contributed by atoms with E-state index in [-0.39, 0.29) is 5.91 Å². The van der Waals surface area contributed by atoms with Crippen molar-refractivity contribution in [3.05, 3.63) is 41.2 Å². The molecule has 2 aromatic rings. The molecule has 6 heteroatoms. The van der Waals surface area contributed by atoms with Gasteiger partial charge < -0.3 is 15.8 Å². The van der Waals surface area contributed by atoms with Crippen molar-refractivity contribution in [3.63, 3.8) is 0 Å². The molecule has 2 rings (SSSR count). The van der Waals surface area contributed by atoms with Crippen LogP contribution in [-0.4, -0.2) is 22.8 Å². The van der Waals surface area contributed by atoms with Crippen molar-refractivity contribution in [1.82, 2.24) is 15.1 Å². The summed E-state index contributed by atoms with van der Waals surface area (Å²) in [6, 6.07) is 4.95. The van der Waals surface area contributed by atoms with Crippen molar-refractivity contribution in [2.24, 2.45) is 7.05 Å². The summed E-state index contributed by atoms with van der Waals surface area (Å²) in [5.41, 5.74) is 8.63. The van der Waals surface area contributed by atoms with Gasteiger partial charge in [0.2, 0.25) is 0 Å². The number of nitrogen functional groups attached to an aromatic ring is 1. The Morgan fingerprint density at radius 3 is 2.85 bits per heavy atom. The van der Waals surface area contributed by atoms with Gasteiger partial charge in [-0.25, -0.2) is 0 Å². The first kappa shape index (κ1) is 13.9. The zero-order chi connectivity index (χ0) is 14.7. The fourth-order valence-electron chi connectivity index (χ4n) is 1.95. The van der Waals surface area contributed by atoms with Crippen LogP contribution in [-0.2, 0) is 13.6 Å². The number of carbonyl (C=O) groups is 1. The maximum atomic E-state index is 12.1. The molecule has 0 saturated carbocycles. The van der Waals surface area contributed by atoms with Gasteiger partial charge in [-0.1, -0.05) is 0 Å². The van der Waals surface area contributed by atoms with Crippen LogP contribution < -0.4 is 15.8 Å². The van der Waals surface area contributed by atoms with Gasteiger partial charge in [0, 0.05) is 30.9 Å². The standard InChI is InChI=1S/C14H18N4O2/c1-9-11(8-18(2)17-9)7-16-14(19)10-4-5-12(15)13(6-10)20-3/h4-6,8H,7,15H2,1-3H3,(H,16,19). The van der Waals surface area contributed by atoms with Gasteiger partial charge in [-0.2, -0.15) is 5.10 Å². The van der Waals surface area contributed by atoms with Crippen LogP contribution in [0.25, 0.3) is 0 Å². The summed E-state index contributed by atoms with van der Waals surface area (Å²) in [4.78, 5) is 12.1. The van der Waals surface area contributed by atoms with Crippen molar-refractivity contribution < 1.29 is 9.53 Å². The van der Waals surface area contributed by atoms with Crippen LogP contribution in [0.4, 0.5) is 5.69 Å². The number of ether oxygens (including phenoxy) is 1. The number of aromatic nitrogens is 2. The predicted octanol–water partition coefficient (Wildman–Crippen LogP) is 1.25. The number of carbonyl (C=O) groups excluding carboxylic acids is 1. The number of amides is 1. The van der Waals surface area contributed by atoms with E-state index in [4.69, 9.17) is 10.5 Å². The molecule has 1 aromatic carbocycles. The number of hydrogen-bond donors (Lipinski definition) is 2. The molecule has 0 unspecified atom stereocenters. The van der Waals surface area contributed by atoms with Gasteiger partial charge in [0.25, 0.3) is 5.91 Å². The number of aryl methyl sites for hydroxylation is 2. The van der Waals surface area contributed by atoms with E-state index in [1.807, 2.05) is 20.2 Å². The highest BCUT2D eigenvalue weighted by Gasteiger charge is 2.10. The van der Waals surface area contributed by atoms with Crippen LogP contribution in [0.5, 0.6) is 5.75 Å². The number of hydrogen-bond acceptors (Lipinski definition) is 4. The first-order valence-electron chi connectivity index (χ1n) is 6.22. The second-order valence-electron chi connectivity index (χ2n) is 4.55. The largest absolute Gasteiger partial charge is 0.495 e. The SMILES string of the molecule is COc1cc(C(=O)NCc2cn(C)nc2C)ccc1N. The molecule has 1 amide bonds. The number of anilines is 1. The Morgan fingerprint density at radius 1 is 1.50 bits per heavy atom. The van der Waals surface area contributed by atoms with Crippen molar-refractivity contribution in [1.29, 1.82) is 0 Å². The number of rotatable bonds is 4. The third-order valence-corrected chi connectivity index (χ3v) is 3.05. The molecule has 3 N–H and O–H groups in total. The molecule has 0 fully saturated rings. The number of nitrogens with two attached hydrogens (primary N) is 1. The molecule has 0 aliphatic rings. The molecule has 6 nitrogen and oxygen atoms in total. The molecule has 1 heterocycles. The Labute approximate surface area is 117 Å². The summed E-state index contributed by atoms with van der Waals surface area (Å²) < 4.78 is 6.83. The zero-order valence-corrected chi connectivity index (χ0v) is 11.8. The first-order chi connectivity index (χ1) is 9.51. The van der Waals surface area contributed by atoms with Crippen molar-refractivity contribution in [2.45, 2.75) is 13.5 Å². The van der Waals surface area contributed by atoms with E-state index in [9.17, 15) is 4.79 Å². The van der Waals surface area contributed by atoms with Gasteiger partial charge in [-0.05, 0) is 25.1 Å². The Morgan fingerprint density at radius 2 is 2.25 bits per heavy atom. The lowest BCUT2D eigenvalue weighted by Gasteiger charge is -2.08. The lowest BCUT2D eigenvalue weighted by molar-refractivity contribution is 0.0950. The van der Waals surface area contributed by atoms with Crippen molar-refractivity contribution in [3.8, 4) is 5.75 Å². The fourth-order valence-corrected chi connectivity index (χ4v) is 1.95. The number of benzene rings is 1. The normalized spacial score (nSPS) is 10.3. The van der Waals surface area contributed by atoms with Crippen molar-refractivity contribution >= 4 is 11.6 Å². The van der Waals surface area contributed by atoms with E-state index in [0.717, 1.165) is 11.3 Å². The fraction of sp³-hybridized carbons (Fsp3) is 0.286. The number of nitrogens with one attached hydrogen (secondary N) is 1. The van der Waals surface area contributed by atoms with Crippen molar-refractivity contribution in [2.75, 3.05) is 12.8 Å². The smallest absolute Gasteiger partial charge is 0.251 e. The Kier molecular flexibility index (Phi) is 3.93. The minimum atomic E-state index is -0.174. The minimum absolute atomic E-state index is 0.174.